The summed E-state index contributed by atoms with van der Waals surface area (Å²) in [5.41, 5.74) is 0.977. The van der Waals surface area contributed by atoms with Gasteiger partial charge in [0, 0.05) is 19.4 Å². The number of amides is 2. The Balaban J connectivity index is 1.77. The predicted molar refractivity (Wildman–Crippen MR) is 82.4 cm³/mol. The molecule has 9 nitrogen and oxygen atoms in total. The van der Waals surface area contributed by atoms with E-state index in [1.807, 2.05) is 6.07 Å². The van der Waals surface area contributed by atoms with E-state index in [2.05, 4.69) is 25.8 Å². The Bertz CT molecular complexity index is 704. The molecule has 0 spiro atoms. The van der Waals surface area contributed by atoms with Crippen molar-refractivity contribution < 1.29 is 9.59 Å². The first-order valence-electron chi connectivity index (χ1n) is 6.71. The molecule has 2 aromatic heterocycles. The van der Waals surface area contributed by atoms with E-state index in [-0.39, 0.29) is 24.9 Å². The second-order valence-electron chi connectivity index (χ2n) is 4.68. The van der Waals surface area contributed by atoms with Crippen molar-refractivity contribution in [1.82, 2.24) is 20.5 Å². The van der Waals surface area contributed by atoms with Gasteiger partial charge in [0.05, 0.1) is 30.5 Å². The lowest BCUT2D eigenvalue weighted by atomic mass is 10.3. The highest BCUT2D eigenvalue weighted by atomic mass is 16.2. The SMILES string of the molecule is CN(CC(=O)NCC(=O)Nc1cn[nH]c1)c1ccc(C#N)cn1. The molecule has 0 atom stereocenters. The van der Waals surface area contributed by atoms with Crippen molar-refractivity contribution in [2.75, 3.05) is 30.4 Å². The second-order valence-corrected chi connectivity index (χ2v) is 4.68. The van der Waals surface area contributed by atoms with E-state index in [1.165, 1.54) is 18.6 Å². The highest BCUT2D eigenvalue weighted by Crippen LogP contribution is 2.08. The van der Waals surface area contributed by atoms with E-state index in [4.69, 9.17) is 5.26 Å². The molecule has 23 heavy (non-hydrogen) atoms. The number of anilines is 2. The molecule has 0 aromatic carbocycles. The van der Waals surface area contributed by atoms with Gasteiger partial charge in [0.15, 0.2) is 0 Å². The summed E-state index contributed by atoms with van der Waals surface area (Å²) >= 11 is 0. The minimum atomic E-state index is -0.348. The van der Waals surface area contributed by atoms with Crippen molar-refractivity contribution in [3.8, 4) is 6.07 Å². The van der Waals surface area contributed by atoms with E-state index in [0.29, 0.717) is 17.1 Å². The zero-order chi connectivity index (χ0) is 16.7. The Kier molecular flexibility index (Phi) is 5.25. The highest BCUT2D eigenvalue weighted by Gasteiger charge is 2.10. The third-order valence-corrected chi connectivity index (χ3v) is 2.88. The number of nitrogens with zero attached hydrogens (tertiary/aromatic N) is 4. The monoisotopic (exact) mass is 313 g/mol. The van der Waals surface area contributed by atoms with Crippen molar-refractivity contribution in [1.29, 1.82) is 5.26 Å². The Morgan fingerprint density at radius 1 is 1.35 bits per heavy atom. The fraction of sp³-hybridized carbons (Fsp3) is 0.214. The quantitative estimate of drug-likeness (QED) is 0.681. The van der Waals surface area contributed by atoms with Crippen LogP contribution in [-0.4, -0.2) is 47.1 Å². The van der Waals surface area contributed by atoms with Crippen LogP contribution in [0.1, 0.15) is 5.56 Å². The van der Waals surface area contributed by atoms with Crippen LogP contribution in [-0.2, 0) is 9.59 Å². The summed E-state index contributed by atoms with van der Waals surface area (Å²) in [4.78, 5) is 29.1. The summed E-state index contributed by atoms with van der Waals surface area (Å²) in [5, 5.41) is 20.1. The molecule has 9 heteroatoms. The van der Waals surface area contributed by atoms with Crippen molar-refractivity contribution in [2.45, 2.75) is 0 Å². The van der Waals surface area contributed by atoms with Crippen LogP contribution >= 0.6 is 0 Å². The van der Waals surface area contributed by atoms with Gasteiger partial charge < -0.3 is 15.5 Å². The van der Waals surface area contributed by atoms with Gasteiger partial charge in [-0.1, -0.05) is 0 Å². The van der Waals surface area contributed by atoms with E-state index in [1.54, 1.807) is 24.1 Å². The van der Waals surface area contributed by atoms with Gasteiger partial charge >= 0.3 is 0 Å². The maximum atomic E-state index is 11.8. The maximum Gasteiger partial charge on any atom is 0.243 e. The minimum absolute atomic E-state index is 0.0396. The normalized spacial score (nSPS) is 9.74. The van der Waals surface area contributed by atoms with Gasteiger partial charge in [-0.25, -0.2) is 4.98 Å². The van der Waals surface area contributed by atoms with Gasteiger partial charge in [0.1, 0.15) is 11.9 Å². The van der Waals surface area contributed by atoms with Gasteiger partial charge in [-0.2, -0.15) is 10.4 Å². The molecule has 0 bridgehead atoms. The first-order valence-corrected chi connectivity index (χ1v) is 6.71. The number of pyridine rings is 1. The van der Waals surface area contributed by atoms with Crippen LogP contribution in [0.25, 0.3) is 0 Å². The highest BCUT2D eigenvalue weighted by molar-refractivity contribution is 5.94. The molecule has 0 aliphatic heterocycles. The molecule has 0 aliphatic carbocycles. The molecule has 0 saturated heterocycles. The van der Waals surface area contributed by atoms with Crippen LogP contribution in [0, 0.1) is 11.3 Å². The molecule has 2 amide bonds. The molecule has 0 fully saturated rings. The van der Waals surface area contributed by atoms with E-state index in [0.717, 1.165) is 0 Å². The Morgan fingerprint density at radius 3 is 2.78 bits per heavy atom. The summed E-state index contributed by atoms with van der Waals surface area (Å²) < 4.78 is 0. The number of hydrogen-bond acceptors (Lipinski definition) is 6. The molecule has 0 unspecified atom stereocenters. The summed E-state index contributed by atoms with van der Waals surface area (Å²) in [6.45, 7) is -0.101. The summed E-state index contributed by atoms with van der Waals surface area (Å²) in [7, 11) is 1.69. The first-order chi connectivity index (χ1) is 11.1. The number of nitrogens with one attached hydrogen (secondary N) is 3. The van der Waals surface area contributed by atoms with Gasteiger partial charge in [0.25, 0.3) is 0 Å². The third-order valence-electron chi connectivity index (χ3n) is 2.88. The number of carbonyl (C=O) groups is 2. The molecule has 2 aromatic rings. The van der Waals surface area contributed by atoms with Crippen LogP contribution in [0.3, 0.4) is 0 Å². The number of nitriles is 1. The molecule has 0 aliphatic rings. The van der Waals surface area contributed by atoms with Crippen LogP contribution in [0.15, 0.2) is 30.7 Å². The lowest BCUT2D eigenvalue weighted by molar-refractivity contribution is -0.123. The Labute approximate surface area is 132 Å². The third kappa shape index (κ3) is 4.82. The van der Waals surface area contributed by atoms with E-state index in [9.17, 15) is 9.59 Å². The van der Waals surface area contributed by atoms with Crippen LogP contribution in [0.2, 0.25) is 0 Å². The van der Waals surface area contributed by atoms with Gasteiger partial charge in [-0.15, -0.1) is 0 Å². The number of likely N-dealkylation sites (N-methyl/N-ethyl adjacent to an activating group) is 1. The Morgan fingerprint density at radius 2 is 2.17 bits per heavy atom. The number of carbonyl (C=O) groups excluding carboxylic acids is 2. The van der Waals surface area contributed by atoms with Crippen molar-refractivity contribution >= 4 is 23.3 Å². The van der Waals surface area contributed by atoms with Crippen LogP contribution in [0.5, 0.6) is 0 Å². The van der Waals surface area contributed by atoms with Crippen molar-refractivity contribution in [3.05, 3.63) is 36.3 Å². The molecule has 2 heterocycles. The molecule has 0 saturated carbocycles. The van der Waals surface area contributed by atoms with Crippen LogP contribution in [0.4, 0.5) is 11.5 Å². The number of aromatic nitrogens is 3. The van der Waals surface area contributed by atoms with E-state index >= 15 is 0 Å². The molecular weight excluding hydrogens is 298 g/mol. The average Bonchev–Trinajstić information content (AvgIpc) is 3.06. The van der Waals surface area contributed by atoms with Gasteiger partial charge in [-0.05, 0) is 12.1 Å². The molecule has 2 rings (SSSR count). The minimum Gasteiger partial charge on any atom is -0.350 e. The average molecular weight is 313 g/mol. The number of aromatic amines is 1. The molecular formula is C14H15N7O2. The predicted octanol–water partition coefficient (Wildman–Crippen LogP) is -0.133. The topological polar surface area (TPSA) is 127 Å². The fourth-order valence-electron chi connectivity index (χ4n) is 1.73. The largest absolute Gasteiger partial charge is 0.350 e. The summed E-state index contributed by atoms with van der Waals surface area (Å²) in [6, 6.07) is 5.24. The fourth-order valence-corrected chi connectivity index (χ4v) is 1.73. The van der Waals surface area contributed by atoms with Crippen molar-refractivity contribution in [3.63, 3.8) is 0 Å². The zero-order valence-corrected chi connectivity index (χ0v) is 12.4. The zero-order valence-electron chi connectivity index (χ0n) is 12.4. The Hall–Kier alpha value is -3.41. The number of rotatable bonds is 6. The summed E-state index contributed by atoms with van der Waals surface area (Å²) in [6.07, 6.45) is 4.43. The number of hydrogen-bond donors (Lipinski definition) is 3. The number of H-pyrrole nitrogens is 1. The maximum absolute atomic E-state index is 11.8. The molecule has 118 valence electrons. The van der Waals surface area contributed by atoms with Gasteiger partial charge in [-0.3, -0.25) is 14.7 Å². The van der Waals surface area contributed by atoms with Crippen LogP contribution < -0.4 is 15.5 Å². The van der Waals surface area contributed by atoms with Gasteiger partial charge in [0.2, 0.25) is 11.8 Å². The smallest absolute Gasteiger partial charge is 0.243 e. The second kappa shape index (κ2) is 7.56. The molecule has 3 N–H and O–H groups in total. The lowest BCUT2D eigenvalue weighted by Gasteiger charge is -2.17. The van der Waals surface area contributed by atoms with E-state index < -0.39 is 0 Å². The molecule has 0 radical (unpaired) electrons. The standard InChI is InChI=1S/C14H15N7O2/c1-21(12-3-2-10(4-15)5-16-12)9-14(23)17-8-13(22)20-11-6-18-19-7-11/h2-3,5-7H,8-9H2,1H3,(H,17,23)(H,18,19)(H,20,22). The lowest BCUT2D eigenvalue weighted by Crippen LogP contribution is -2.39. The first kappa shape index (κ1) is 16.0. The summed E-state index contributed by atoms with van der Waals surface area (Å²) in [5.74, 6) is -0.109. The van der Waals surface area contributed by atoms with Crippen molar-refractivity contribution in [2.24, 2.45) is 0 Å².